The van der Waals surface area contributed by atoms with Gasteiger partial charge in [-0.2, -0.15) is 5.10 Å². The van der Waals surface area contributed by atoms with E-state index in [2.05, 4.69) is 10.4 Å². The Hall–Kier alpha value is -4.46. The van der Waals surface area contributed by atoms with E-state index in [1.807, 2.05) is 45.2 Å². The van der Waals surface area contributed by atoms with E-state index in [0.29, 0.717) is 22.3 Å². The minimum absolute atomic E-state index is 0.180. The summed E-state index contributed by atoms with van der Waals surface area (Å²) in [6, 6.07) is 14.0. The van der Waals surface area contributed by atoms with Crippen molar-refractivity contribution in [3.8, 4) is 11.3 Å². The first-order chi connectivity index (χ1) is 16.7. The Bertz CT molecular complexity index is 1690. The molecule has 0 spiro atoms. The molecule has 0 aliphatic heterocycles. The molecule has 0 amide bonds. The van der Waals surface area contributed by atoms with Crippen molar-refractivity contribution in [1.29, 1.82) is 0 Å². The lowest BCUT2D eigenvalue weighted by molar-refractivity contribution is 0.0697. The lowest BCUT2D eigenvalue weighted by Gasteiger charge is -2.19. The standard InChI is InChI=1S/C27H22FN3O4/c1-14-8-19(15(2)30-22-7-6-18(28)11-20(22)27(33)34)26-21(9-14)24(32)12-25(35-26)16-4-5-17-13-29-31(3)23(17)10-16/h4-13,15,30H,1-3H3,(H,33,34)/t15-/m1/s1. The van der Waals surface area contributed by atoms with Crippen LogP contribution in [0.1, 0.15) is 34.5 Å². The lowest BCUT2D eigenvalue weighted by atomic mass is 10.00. The highest BCUT2D eigenvalue weighted by atomic mass is 19.1. The number of halogens is 1. The molecule has 0 saturated heterocycles. The number of aromatic carboxylic acids is 1. The van der Waals surface area contributed by atoms with Crippen LogP contribution in [0.4, 0.5) is 10.1 Å². The summed E-state index contributed by atoms with van der Waals surface area (Å²) < 4.78 is 21.7. The van der Waals surface area contributed by atoms with Crippen LogP contribution >= 0.6 is 0 Å². The summed E-state index contributed by atoms with van der Waals surface area (Å²) in [6.07, 6.45) is 1.77. The molecule has 1 atom stereocenters. The van der Waals surface area contributed by atoms with Crippen molar-refractivity contribution in [2.45, 2.75) is 19.9 Å². The summed E-state index contributed by atoms with van der Waals surface area (Å²) in [6.45, 7) is 3.71. The number of carboxylic acids is 1. The molecule has 0 radical (unpaired) electrons. The predicted molar refractivity (Wildman–Crippen MR) is 132 cm³/mol. The molecule has 2 N–H and O–H groups in total. The van der Waals surface area contributed by atoms with Crippen molar-refractivity contribution < 1.29 is 18.7 Å². The maximum Gasteiger partial charge on any atom is 0.337 e. The topological polar surface area (TPSA) is 97.4 Å². The van der Waals surface area contributed by atoms with Gasteiger partial charge in [0, 0.05) is 35.3 Å². The highest BCUT2D eigenvalue weighted by molar-refractivity contribution is 5.94. The highest BCUT2D eigenvalue weighted by Crippen LogP contribution is 2.32. The van der Waals surface area contributed by atoms with Gasteiger partial charge in [0.15, 0.2) is 5.43 Å². The Morgan fingerprint density at radius 2 is 1.94 bits per heavy atom. The van der Waals surface area contributed by atoms with Gasteiger partial charge in [0.2, 0.25) is 0 Å². The minimum atomic E-state index is -1.24. The zero-order chi connectivity index (χ0) is 24.9. The summed E-state index contributed by atoms with van der Waals surface area (Å²) in [4.78, 5) is 24.7. The third-order valence-electron chi connectivity index (χ3n) is 6.09. The molecule has 2 aromatic heterocycles. The fourth-order valence-corrected chi connectivity index (χ4v) is 4.33. The number of benzene rings is 3. The number of anilines is 1. The third kappa shape index (κ3) is 4.03. The van der Waals surface area contributed by atoms with Gasteiger partial charge in [-0.3, -0.25) is 9.48 Å². The van der Waals surface area contributed by atoms with E-state index in [9.17, 15) is 19.1 Å². The van der Waals surface area contributed by atoms with Crippen molar-refractivity contribution >= 4 is 33.5 Å². The van der Waals surface area contributed by atoms with Crippen molar-refractivity contribution in [2.24, 2.45) is 7.05 Å². The Kier molecular flexibility index (Phi) is 5.36. The monoisotopic (exact) mass is 471 g/mol. The number of carboxylic acid groups (broad SMARTS) is 1. The maximum atomic E-state index is 13.6. The molecule has 0 aliphatic rings. The molecular weight excluding hydrogens is 449 g/mol. The van der Waals surface area contributed by atoms with Crippen LogP contribution in [0.3, 0.4) is 0 Å². The molecule has 35 heavy (non-hydrogen) atoms. The maximum absolute atomic E-state index is 13.6. The Morgan fingerprint density at radius 3 is 2.71 bits per heavy atom. The lowest BCUT2D eigenvalue weighted by Crippen LogP contribution is -2.13. The number of fused-ring (bicyclic) bond motifs is 2. The second-order valence-corrected chi connectivity index (χ2v) is 8.61. The summed E-state index contributed by atoms with van der Waals surface area (Å²) in [5, 5.41) is 18.3. The Morgan fingerprint density at radius 1 is 1.14 bits per heavy atom. The number of hydrogen-bond acceptors (Lipinski definition) is 5. The zero-order valence-electron chi connectivity index (χ0n) is 19.3. The van der Waals surface area contributed by atoms with Gasteiger partial charge in [0.05, 0.1) is 28.7 Å². The summed E-state index contributed by atoms with van der Waals surface area (Å²) in [5.41, 5.74) is 3.48. The summed E-state index contributed by atoms with van der Waals surface area (Å²) in [7, 11) is 1.84. The van der Waals surface area contributed by atoms with Crippen LogP contribution in [0.5, 0.6) is 0 Å². The molecular formula is C27H22FN3O4. The molecule has 176 valence electrons. The van der Waals surface area contributed by atoms with Crippen LogP contribution in [0.2, 0.25) is 0 Å². The first-order valence-electron chi connectivity index (χ1n) is 11.0. The number of aryl methyl sites for hydroxylation is 2. The third-order valence-corrected chi connectivity index (χ3v) is 6.09. The van der Waals surface area contributed by atoms with Gasteiger partial charge in [0.1, 0.15) is 17.2 Å². The van der Waals surface area contributed by atoms with Gasteiger partial charge in [0.25, 0.3) is 0 Å². The van der Waals surface area contributed by atoms with Crippen LogP contribution < -0.4 is 10.7 Å². The van der Waals surface area contributed by atoms with Gasteiger partial charge >= 0.3 is 5.97 Å². The van der Waals surface area contributed by atoms with Gasteiger partial charge in [-0.25, -0.2) is 9.18 Å². The molecule has 0 aliphatic carbocycles. The van der Waals surface area contributed by atoms with Gasteiger partial charge in [-0.1, -0.05) is 18.2 Å². The van der Waals surface area contributed by atoms with Crippen LogP contribution in [-0.2, 0) is 7.05 Å². The molecule has 7 nitrogen and oxygen atoms in total. The fourth-order valence-electron chi connectivity index (χ4n) is 4.33. The van der Waals surface area contributed by atoms with Gasteiger partial charge in [-0.15, -0.1) is 0 Å². The van der Waals surface area contributed by atoms with Crippen molar-refractivity contribution in [3.05, 3.63) is 93.5 Å². The first-order valence-corrected chi connectivity index (χ1v) is 11.0. The number of rotatable bonds is 5. The molecule has 0 fully saturated rings. The zero-order valence-corrected chi connectivity index (χ0v) is 19.3. The second kappa shape index (κ2) is 8.39. The van der Waals surface area contributed by atoms with Crippen LogP contribution in [0.15, 0.2) is 70.0 Å². The average molecular weight is 471 g/mol. The first kappa shape index (κ1) is 22.3. The van der Waals surface area contributed by atoms with Crippen LogP contribution in [-0.4, -0.2) is 20.9 Å². The van der Waals surface area contributed by atoms with E-state index in [-0.39, 0.29) is 16.7 Å². The van der Waals surface area contributed by atoms with Gasteiger partial charge in [-0.05, 0) is 49.7 Å². The Labute approximate surface area is 199 Å². The number of carbonyl (C=O) groups is 1. The summed E-state index contributed by atoms with van der Waals surface area (Å²) >= 11 is 0. The molecule has 5 aromatic rings. The van der Waals surface area contributed by atoms with Gasteiger partial charge < -0.3 is 14.8 Å². The molecule has 3 aromatic carbocycles. The van der Waals surface area contributed by atoms with Crippen molar-refractivity contribution in [3.63, 3.8) is 0 Å². The van der Waals surface area contributed by atoms with E-state index < -0.39 is 17.8 Å². The fraction of sp³-hybridized carbons (Fsp3) is 0.148. The molecule has 0 saturated carbocycles. The molecule has 8 heteroatoms. The number of nitrogens with one attached hydrogen (secondary N) is 1. The number of hydrogen-bond donors (Lipinski definition) is 2. The van der Waals surface area contributed by atoms with Crippen molar-refractivity contribution in [2.75, 3.05) is 5.32 Å². The van der Waals surface area contributed by atoms with Crippen molar-refractivity contribution in [1.82, 2.24) is 9.78 Å². The number of aromatic nitrogens is 2. The van der Waals surface area contributed by atoms with E-state index in [1.165, 1.54) is 18.2 Å². The average Bonchev–Trinajstić information content (AvgIpc) is 3.20. The molecule has 0 bridgehead atoms. The molecule has 5 rings (SSSR count). The highest BCUT2D eigenvalue weighted by Gasteiger charge is 2.19. The molecule has 0 unspecified atom stereocenters. The normalized spacial score (nSPS) is 12.2. The predicted octanol–water partition coefficient (Wildman–Crippen LogP) is 5.67. The Balaban J connectivity index is 1.64. The largest absolute Gasteiger partial charge is 0.478 e. The number of nitrogens with zero attached hydrogens (tertiary/aromatic N) is 2. The van der Waals surface area contributed by atoms with Crippen LogP contribution in [0.25, 0.3) is 33.2 Å². The minimum Gasteiger partial charge on any atom is -0.478 e. The van der Waals surface area contributed by atoms with E-state index >= 15 is 0 Å². The van der Waals surface area contributed by atoms with E-state index in [4.69, 9.17) is 4.42 Å². The summed E-state index contributed by atoms with van der Waals surface area (Å²) in [5.74, 6) is -1.47. The van der Waals surface area contributed by atoms with Crippen LogP contribution in [0, 0.1) is 12.7 Å². The molecule has 2 heterocycles. The SMILES string of the molecule is Cc1cc([C@@H](C)Nc2ccc(F)cc2C(=O)O)c2oc(-c3ccc4cnn(C)c4c3)cc(=O)c2c1. The smallest absolute Gasteiger partial charge is 0.337 e. The van der Waals surface area contributed by atoms with E-state index in [0.717, 1.165) is 28.1 Å². The van der Waals surface area contributed by atoms with E-state index in [1.54, 1.807) is 16.9 Å². The quantitative estimate of drug-likeness (QED) is 0.343. The second-order valence-electron chi connectivity index (χ2n) is 8.61.